The molecule has 0 radical (unpaired) electrons. The number of methoxy groups -OCH3 is 1. The van der Waals surface area contributed by atoms with Gasteiger partial charge in [0.2, 0.25) is 5.88 Å². The van der Waals surface area contributed by atoms with E-state index in [1.54, 1.807) is 18.2 Å². The Morgan fingerprint density at radius 3 is 2.56 bits per heavy atom. The summed E-state index contributed by atoms with van der Waals surface area (Å²) in [6.45, 7) is 1.43. The molecule has 11 heteroatoms. The first-order chi connectivity index (χ1) is 15.2. The van der Waals surface area contributed by atoms with E-state index in [4.69, 9.17) is 4.74 Å². The average molecular weight is 443 g/mol. The number of H-pyrrole nitrogens is 1. The third-order valence-corrected chi connectivity index (χ3v) is 4.73. The highest BCUT2D eigenvalue weighted by Gasteiger charge is 2.39. The van der Waals surface area contributed by atoms with Crippen LogP contribution in [0.2, 0.25) is 0 Å². The SMILES string of the molecule is COc1cc(NC(=O)c2c(C)[nH]c3c(-c4ccccc4)c(C(F)(F)F)nn3c2=O)ccn1. The van der Waals surface area contributed by atoms with Gasteiger partial charge in [0, 0.05) is 23.6 Å². The number of anilines is 1. The second kappa shape index (κ2) is 7.84. The number of aromatic nitrogens is 4. The standard InChI is InChI=1S/C21H16F3N5O3/c1-11-15(19(30)27-13-8-9-25-14(10-13)32-2)20(31)29-18(26-11)16(12-6-4-3-5-7-12)17(28-29)21(22,23)24/h3-10,26H,1-2H3,(H,25,27,30). The minimum atomic E-state index is -4.82. The number of pyridine rings is 1. The van der Waals surface area contributed by atoms with Gasteiger partial charge in [-0.1, -0.05) is 30.3 Å². The summed E-state index contributed by atoms with van der Waals surface area (Å²) in [4.78, 5) is 32.5. The topological polar surface area (TPSA) is 101 Å². The van der Waals surface area contributed by atoms with Crippen molar-refractivity contribution in [1.82, 2.24) is 19.6 Å². The summed E-state index contributed by atoms with van der Waals surface area (Å²) in [5, 5.41) is 6.04. The Bertz CT molecular complexity index is 1380. The molecule has 8 nitrogen and oxygen atoms in total. The number of carbonyl (C=O) groups excluding carboxylic acids is 1. The van der Waals surface area contributed by atoms with Gasteiger partial charge in [-0.25, -0.2) is 4.98 Å². The second-order valence-corrected chi connectivity index (χ2v) is 6.82. The number of amides is 1. The highest BCUT2D eigenvalue weighted by Crippen LogP contribution is 2.38. The van der Waals surface area contributed by atoms with Crippen molar-refractivity contribution in [3.63, 3.8) is 0 Å². The molecule has 32 heavy (non-hydrogen) atoms. The number of halogens is 3. The Balaban J connectivity index is 1.88. The molecule has 1 amide bonds. The molecule has 4 rings (SSSR count). The summed E-state index contributed by atoms with van der Waals surface area (Å²) < 4.78 is 46.8. The van der Waals surface area contributed by atoms with Gasteiger partial charge in [-0.05, 0) is 18.6 Å². The molecule has 0 saturated carbocycles. The average Bonchev–Trinajstić information content (AvgIpc) is 3.14. The van der Waals surface area contributed by atoms with Gasteiger partial charge in [-0.2, -0.15) is 22.8 Å². The second-order valence-electron chi connectivity index (χ2n) is 6.82. The molecule has 0 unspecified atom stereocenters. The smallest absolute Gasteiger partial charge is 0.435 e. The van der Waals surface area contributed by atoms with E-state index in [-0.39, 0.29) is 33.9 Å². The first-order valence-electron chi connectivity index (χ1n) is 9.30. The largest absolute Gasteiger partial charge is 0.481 e. The molecular formula is C21H16F3N5O3. The number of aromatic amines is 1. The summed E-state index contributed by atoms with van der Waals surface area (Å²) in [6.07, 6.45) is -3.43. The van der Waals surface area contributed by atoms with Gasteiger partial charge in [-0.3, -0.25) is 9.59 Å². The van der Waals surface area contributed by atoms with Crippen LogP contribution in [0, 0.1) is 6.92 Å². The van der Waals surface area contributed by atoms with Crippen LogP contribution in [0.3, 0.4) is 0 Å². The van der Waals surface area contributed by atoms with Crippen molar-refractivity contribution in [2.75, 3.05) is 12.4 Å². The molecule has 1 aromatic carbocycles. The number of alkyl halides is 3. The zero-order chi connectivity index (χ0) is 23.0. The maximum atomic E-state index is 13.7. The van der Waals surface area contributed by atoms with Crippen molar-refractivity contribution in [3.8, 4) is 17.0 Å². The number of hydrogen-bond donors (Lipinski definition) is 2. The summed E-state index contributed by atoms with van der Waals surface area (Å²) >= 11 is 0. The highest BCUT2D eigenvalue weighted by atomic mass is 19.4. The Kier molecular flexibility index (Phi) is 5.17. The van der Waals surface area contributed by atoms with E-state index in [2.05, 4.69) is 20.4 Å². The molecule has 0 atom stereocenters. The predicted octanol–water partition coefficient (Wildman–Crippen LogP) is 3.67. The number of fused-ring (bicyclic) bond motifs is 1. The molecule has 164 valence electrons. The normalized spacial score (nSPS) is 11.5. The van der Waals surface area contributed by atoms with E-state index in [0.29, 0.717) is 10.2 Å². The van der Waals surface area contributed by atoms with Crippen LogP contribution in [0.15, 0.2) is 53.5 Å². The highest BCUT2D eigenvalue weighted by molar-refractivity contribution is 6.05. The molecular weight excluding hydrogens is 427 g/mol. The monoisotopic (exact) mass is 443 g/mol. The Morgan fingerprint density at radius 1 is 1.19 bits per heavy atom. The van der Waals surface area contributed by atoms with Gasteiger partial charge in [0.05, 0.1) is 12.7 Å². The van der Waals surface area contributed by atoms with E-state index in [1.165, 1.54) is 44.5 Å². The number of nitrogens with one attached hydrogen (secondary N) is 2. The van der Waals surface area contributed by atoms with Crippen LogP contribution < -0.4 is 15.6 Å². The molecule has 0 aliphatic heterocycles. The predicted molar refractivity (Wildman–Crippen MR) is 110 cm³/mol. The maximum absolute atomic E-state index is 13.7. The minimum absolute atomic E-state index is 0.0897. The number of nitrogens with zero attached hydrogens (tertiary/aromatic N) is 3. The van der Waals surface area contributed by atoms with Crippen LogP contribution in [0.1, 0.15) is 21.7 Å². The lowest BCUT2D eigenvalue weighted by atomic mass is 10.1. The van der Waals surface area contributed by atoms with Gasteiger partial charge < -0.3 is 15.0 Å². The molecule has 2 N–H and O–H groups in total. The van der Waals surface area contributed by atoms with Crippen molar-refractivity contribution in [1.29, 1.82) is 0 Å². The van der Waals surface area contributed by atoms with Gasteiger partial charge in [0.15, 0.2) is 5.69 Å². The number of aryl methyl sites for hydroxylation is 1. The first kappa shape index (κ1) is 21.1. The number of ether oxygens (including phenoxy) is 1. The summed E-state index contributed by atoms with van der Waals surface area (Å²) in [7, 11) is 1.40. The van der Waals surface area contributed by atoms with Gasteiger partial charge >= 0.3 is 6.18 Å². The fourth-order valence-electron chi connectivity index (χ4n) is 3.32. The number of hydrogen-bond acceptors (Lipinski definition) is 5. The van der Waals surface area contributed by atoms with E-state index in [1.807, 2.05) is 0 Å². The fourth-order valence-corrected chi connectivity index (χ4v) is 3.32. The lowest BCUT2D eigenvalue weighted by molar-refractivity contribution is -0.140. The van der Waals surface area contributed by atoms with Crippen molar-refractivity contribution >= 4 is 17.2 Å². The van der Waals surface area contributed by atoms with Gasteiger partial charge in [-0.15, -0.1) is 0 Å². The summed E-state index contributed by atoms with van der Waals surface area (Å²) in [5.74, 6) is -0.581. The Labute approximate surface area is 178 Å². The molecule has 0 bridgehead atoms. The van der Waals surface area contributed by atoms with E-state index >= 15 is 0 Å². The van der Waals surface area contributed by atoms with Gasteiger partial charge in [0.25, 0.3) is 11.5 Å². The number of benzene rings is 1. The quantitative estimate of drug-likeness (QED) is 0.501. The van der Waals surface area contributed by atoms with Crippen molar-refractivity contribution in [2.45, 2.75) is 13.1 Å². The van der Waals surface area contributed by atoms with Crippen molar-refractivity contribution in [3.05, 3.63) is 76.0 Å². The minimum Gasteiger partial charge on any atom is -0.481 e. The van der Waals surface area contributed by atoms with Crippen LogP contribution >= 0.6 is 0 Å². The number of rotatable bonds is 4. The molecule has 0 aliphatic rings. The third-order valence-electron chi connectivity index (χ3n) is 4.73. The molecule has 0 spiro atoms. The van der Waals surface area contributed by atoms with E-state index in [9.17, 15) is 22.8 Å². The molecule has 4 aromatic rings. The zero-order valence-electron chi connectivity index (χ0n) is 16.8. The maximum Gasteiger partial charge on any atom is 0.435 e. The van der Waals surface area contributed by atoms with Crippen LogP contribution in [0.25, 0.3) is 16.8 Å². The van der Waals surface area contributed by atoms with Crippen LogP contribution in [0.5, 0.6) is 5.88 Å². The molecule has 0 aliphatic carbocycles. The van der Waals surface area contributed by atoms with Crippen LogP contribution in [-0.4, -0.2) is 32.6 Å². The molecule has 3 heterocycles. The van der Waals surface area contributed by atoms with Crippen LogP contribution in [-0.2, 0) is 6.18 Å². The lowest BCUT2D eigenvalue weighted by Gasteiger charge is -2.09. The van der Waals surface area contributed by atoms with Crippen molar-refractivity contribution in [2.24, 2.45) is 0 Å². The van der Waals surface area contributed by atoms with Crippen LogP contribution in [0.4, 0.5) is 18.9 Å². The van der Waals surface area contributed by atoms with E-state index < -0.39 is 23.3 Å². The fraction of sp³-hybridized carbons (Fsp3) is 0.143. The molecule has 3 aromatic heterocycles. The lowest BCUT2D eigenvalue weighted by Crippen LogP contribution is -2.29. The van der Waals surface area contributed by atoms with Gasteiger partial charge in [0.1, 0.15) is 11.2 Å². The van der Waals surface area contributed by atoms with E-state index in [0.717, 1.165) is 0 Å². The zero-order valence-corrected chi connectivity index (χ0v) is 16.8. The molecule has 0 fully saturated rings. The Hall–Kier alpha value is -4.15. The molecule has 0 saturated heterocycles. The third kappa shape index (κ3) is 3.68. The summed E-state index contributed by atoms with van der Waals surface area (Å²) in [6, 6.07) is 10.7. The number of carbonyl (C=O) groups is 1. The summed E-state index contributed by atoms with van der Waals surface area (Å²) in [5.41, 5.74) is -2.41. The van der Waals surface area contributed by atoms with Crippen molar-refractivity contribution < 1.29 is 22.7 Å². The first-order valence-corrected chi connectivity index (χ1v) is 9.30. The Morgan fingerprint density at radius 2 is 1.91 bits per heavy atom.